The maximum Gasteiger partial charge on any atom is 0.263 e. The van der Waals surface area contributed by atoms with Crippen molar-refractivity contribution in [2.24, 2.45) is 7.05 Å². The molecule has 0 bridgehead atoms. The third kappa shape index (κ3) is 2.24. The SMILES string of the molecule is CC1CNCCN1S(=O)(=O)c1c(Br)nnn1C. The molecule has 2 heterocycles. The Morgan fingerprint density at radius 3 is 2.76 bits per heavy atom. The van der Waals surface area contributed by atoms with Crippen molar-refractivity contribution in [3.8, 4) is 0 Å². The third-order valence-electron chi connectivity index (χ3n) is 2.73. The van der Waals surface area contributed by atoms with Gasteiger partial charge in [0, 0.05) is 32.7 Å². The average molecular weight is 324 g/mol. The fraction of sp³-hybridized carbons (Fsp3) is 0.750. The molecule has 0 radical (unpaired) electrons. The number of hydrogen-bond donors (Lipinski definition) is 1. The molecule has 7 nitrogen and oxygen atoms in total. The first kappa shape index (κ1) is 12.9. The summed E-state index contributed by atoms with van der Waals surface area (Å²) in [6.07, 6.45) is 0. The zero-order valence-corrected chi connectivity index (χ0v) is 12.0. The number of hydrogen-bond acceptors (Lipinski definition) is 5. The van der Waals surface area contributed by atoms with Crippen LogP contribution in [0.15, 0.2) is 9.63 Å². The van der Waals surface area contributed by atoms with E-state index in [1.807, 2.05) is 6.92 Å². The summed E-state index contributed by atoms with van der Waals surface area (Å²) in [4.78, 5) is 0. The predicted octanol–water partition coefficient (Wildman–Crippen LogP) is -0.440. The highest BCUT2D eigenvalue weighted by Gasteiger charge is 2.35. The summed E-state index contributed by atoms with van der Waals surface area (Å²) in [7, 11) is -1.98. The van der Waals surface area contributed by atoms with Gasteiger partial charge >= 0.3 is 0 Å². The van der Waals surface area contributed by atoms with E-state index in [1.54, 1.807) is 7.05 Å². The van der Waals surface area contributed by atoms with Crippen LogP contribution in [0.4, 0.5) is 0 Å². The second kappa shape index (κ2) is 4.63. The Kier molecular flexibility index (Phi) is 3.53. The Labute approximate surface area is 108 Å². The molecule has 0 saturated carbocycles. The Balaban J connectivity index is 2.42. The molecule has 1 aliphatic rings. The highest BCUT2D eigenvalue weighted by Crippen LogP contribution is 2.24. The Hall–Kier alpha value is -0.510. The van der Waals surface area contributed by atoms with Gasteiger partial charge in [-0.2, -0.15) is 4.31 Å². The van der Waals surface area contributed by atoms with Gasteiger partial charge in [0.2, 0.25) is 5.03 Å². The molecule has 1 fully saturated rings. The van der Waals surface area contributed by atoms with Crippen molar-refractivity contribution < 1.29 is 8.42 Å². The zero-order valence-electron chi connectivity index (χ0n) is 9.59. The number of aromatic nitrogens is 3. The molecular weight excluding hydrogens is 310 g/mol. The van der Waals surface area contributed by atoms with Gasteiger partial charge in [0.05, 0.1) is 0 Å². The Morgan fingerprint density at radius 2 is 2.24 bits per heavy atom. The second-order valence-electron chi connectivity index (χ2n) is 3.98. The van der Waals surface area contributed by atoms with Gasteiger partial charge in [-0.05, 0) is 22.9 Å². The molecule has 0 amide bonds. The molecule has 1 N–H and O–H groups in total. The molecule has 1 saturated heterocycles. The first-order valence-corrected chi connectivity index (χ1v) is 7.45. The summed E-state index contributed by atoms with van der Waals surface area (Å²) in [6.45, 7) is 3.65. The maximum atomic E-state index is 12.5. The molecule has 1 unspecified atom stereocenters. The smallest absolute Gasteiger partial charge is 0.263 e. The fourth-order valence-corrected chi connectivity index (χ4v) is 4.55. The van der Waals surface area contributed by atoms with E-state index < -0.39 is 10.0 Å². The summed E-state index contributed by atoms with van der Waals surface area (Å²) < 4.78 is 27.9. The van der Waals surface area contributed by atoms with Crippen LogP contribution in [0.25, 0.3) is 0 Å². The third-order valence-corrected chi connectivity index (χ3v) is 5.63. The first-order valence-electron chi connectivity index (χ1n) is 5.22. The number of rotatable bonds is 2. The number of nitrogens with one attached hydrogen (secondary N) is 1. The van der Waals surface area contributed by atoms with Crippen molar-refractivity contribution in [3.05, 3.63) is 4.60 Å². The lowest BCUT2D eigenvalue weighted by Crippen LogP contribution is -2.52. The number of nitrogens with zero attached hydrogens (tertiary/aromatic N) is 4. The Morgan fingerprint density at radius 1 is 1.53 bits per heavy atom. The summed E-state index contributed by atoms with van der Waals surface area (Å²) in [6, 6.07) is -0.0736. The lowest BCUT2D eigenvalue weighted by atomic mass is 10.3. The lowest BCUT2D eigenvalue weighted by Gasteiger charge is -2.32. The molecule has 1 aromatic heterocycles. The Bertz CT molecular complexity index is 494. The largest absolute Gasteiger partial charge is 0.314 e. The van der Waals surface area contributed by atoms with Crippen molar-refractivity contribution in [3.63, 3.8) is 0 Å². The van der Waals surface area contributed by atoms with E-state index in [0.717, 1.165) is 0 Å². The summed E-state index contributed by atoms with van der Waals surface area (Å²) in [5.41, 5.74) is 0. The van der Waals surface area contributed by atoms with Crippen LogP contribution >= 0.6 is 15.9 Å². The van der Waals surface area contributed by atoms with Gasteiger partial charge in [0.15, 0.2) is 4.60 Å². The zero-order chi connectivity index (χ0) is 12.6. The van der Waals surface area contributed by atoms with E-state index in [1.165, 1.54) is 8.99 Å². The molecule has 2 rings (SSSR count). The van der Waals surface area contributed by atoms with E-state index in [-0.39, 0.29) is 15.7 Å². The van der Waals surface area contributed by atoms with Crippen molar-refractivity contribution >= 4 is 26.0 Å². The van der Waals surface area contributed by atoms with Gasteiger partial charge in [-0.3, -0.25) is 0 Å². The molecule has 9 heteroatoms. The minimum Gasteiger partial charge on any atom is -0.314 e. The fourth-order valence-electron chi connectivity index (χ4n) is 1.89. The van der Waals surface area contributed by atoms with Gasteiger partial charge < -0.3 is 5.32 Å². The van der Waals surface area contributed by atoms with Crippen LogP contribution in [-0.4, -0.2) is 53.4 Å². The minimum absolute atomic E-state index is 0.0736. The molecule has 0 aliphatic carbocycles. The standard InChI is InChI=1S/C8H14BrN5O2S/c1-6-5-10-3-4-14(6)17(15,16)8-7(9)11-12-13(8)2/h6,10H,3-5H2,1-2H3. The molecule has 1 aromatic rings. The van der Waals surface area contributed by atoms with Crippen LogP contribution < -0.4 is 5.32 Å². The molecule has 1 atom stereocenters. The van der Waals surface area contributed by atoms with Crippen molar-refractivity contribution in [1.29, 1.82) is 0 Å². The normalized spacial score (nSPS) is 22.9. The van der Waals surface area contributed by atoms with Crippen LogP contribution in [0, 0.1) is 0 Å². The van der Waals surface area contributed by atoms with Crippen molar-refractivity contribution in [1.82, 2.24) is 24.6 Å². The molecular formula is C8H14BrN5O2S. The molecule has 96 valence electrons. The predicted molar refractivity (Wildman–Crippen MR) is 64.9 cm³/mol. The number of piperazine rings is 1. The monoisotopic (exact) mass is 323 g/mol. The van der Waals surface area contributed by atoms with Crippen LogP contribution in [0.5, 0.6) is 0 Å². The van der Waals surface area contributed by atoms with Crippen molar-refractivity contribution in [2.75, 3.05) is 19.6 Å². The van der Waals surface area contributed by atoms with Gasteiger partial charge in [0.1, 0.15) is 0 Å². The molecule has 0 spiro atoms. The van der Waals surface area contributed by atoms with E-state index >= 15 is 0 Å². The van der Waals surface area contributed by atoms with Crippen molar-refractivity contribution in [2.45, 2.75) is 18.0 Å². The van der Waals surface area contributed by atoms with E-state index in [0.29, 0.717) is 19.6 Å². The highest BCUT2D eigenvalue weighted by atomic mass is 79.9. The highest BCUT2D eigenvalue weighted by molar-refractivity contribution is 9.10. The van der Waals surface area contributed by atoms with Gasteiger partial charge in [-0.25, -0.2) is 13.1 Å². The number of halogens is 1. The second-order valence-corrected chi connectivity index (χ2v) is 6.53. The lowest BCUT2D eigenvalue weighted by molar-refractivity contribution is 0.282. The molecule has 0 aromatic carbocycles. The van der Waals surface area contributed by atoms with E-state index in [9.17, 15) is 8.42 Å². The van der Waals surface area contributed by atoms with Crippen LogP contribution in [-0.2, 0) is 17.1 Å². The van der Waals surface area contributed by atoms with E-state index in [4.69, 9.17) is 0 Å². The minimum atomic E-state index is -3.54. The first-order chi connectivity index (χ1) is 7.94. The van der Waals surface area contributed by atoms with Crippen LogP contribution in [0.3, 0.4) is 0 Å². The van der Waals surface area contributed by atoms with Gasteiger partial charge in [0.25, 0.3) is 10.0 Å². The van der Waals surface area contributed by atoms with Gasteiger partial charge in [-0.15, -0.1) is 5.10 Å². The summed E-state index contributed by atoms with van der Waals surface area (Å²) in [5.74, 6) is 0. The topological polar surface area (TPSA) is 80.1 Å². The van der Waals surface area contributed by atoms with Gasteiger partial charge in [-0.1, -0.05) is 5.21 Å². The van der Waals surface area contributed by atoms with Crippen LogP contribution in [0.1, 0.15) is 6.92 Å². The number of aryl methyl sites for hydroxylation is 1. The molecule has 1 aliphatic heterocycles. The maximum absolute atomic E-state index is 12.5. The van der Waals surface area contributed by atoms with Crippen LogP contribution in [0.2, 0.25) is 0 Å². The number of sulfonamides is 1. The quantitative estimate of drug-likeness (QED) is 0.798. The summed E-state index contributed by atoms with van der Waals surface area (Å²) in [5, 5.41) is 10.7. The summed E-state index contributed by atoms with van der Waals surface area (Å²) >= 11 is 3.12. The van der Waals surface area contributed by atoms with E-state index in [2.05, 4.69) is 31.6 Å². The average Bonchev–Trinajstić information content (AvgIpc) is 2.59. The molecule has 17 heavy (non-hydrogen) atoms.